The van der Waals surface area contributed by atoms with Gasteiger partial charge >= 0.3 is 0 Å². The van der Waals surface area contributed by atoms with Gasteiger partial charge in [0.2, 0.25) is 0 Å². The number of halogens is 1. The monoisotopic (exact) mass is 344 g/mol. The first-order chi connectivity index (χ1) is 12.0. The molecule has 0 unspecified atom stereocenters. The van der Waals surface area contributed by atoms with Crippen molar-refractivity contribution >= 4 is 17.5 Å². The third kappa shape index (κ3) is 3.55. The van der Waals surface area contributed by atoms with E-state index in [9.17, 15) is 14.0 Å². The highest BCUT2D eigenvalue weighted by molar-refractivity contribution is 5.97. The van der Waals surface area contributed by atoms with Crippen molar-refractivity contribution in [3.63, 3.8) is 0 Å². The van der Waals surface area contributed by atoms with Crippen molar-refractivity contribution in [3.8, 4) is 11.5 Å². The lowest BCUT2D eigenvalue weighted by atomic mass is 10.1. The first kappa shape index (κ1) is 16.8. The number of hydrogen-bond donors (Lipinski definition) is 2. The van der Waals surface area contributed by atoms with Gasteiger partial charge in [0.1, 0.15) is 17.3 Å². The smallest absolute Gasteiger partial charge is 0.262 e. The van der Waals surface area contributed by atoms with E-state index in [0.717, 1.165) is 11.6 Å². The fourth-order valence-corrected chi connectivity index (χ4v) is 2.59. The summed E-state index contributed by atoms with van der Waals surface area (Å²) < 4.78 is 23.8. The van der Waals surface area contributed by atoms with Gasteiger partial charge < -0.3 is 20.1 Å². The Balaban J connectivity index is 1.79. The highest BCUT2D eigenvalue weighted by atomic mass is 19.1. The van der Waals surface area contributed by atoms with Crippen LogP contribution in [-0.2, 0) is 4.79 Å². The zero-order chi connectivity index (χ0) is 18.0. The molecule has 3 rings (SSSR count). The van der Waals surface area contributed by atoms with E-state index in [-0.39, 0.29) is 29.9 Å². The van der Waals surface area contributed by atoms with Crippen LogP contribution in [0.3, 0.4) is 0 Å². The fourth-order valence-electron chi connectivity index (χ4n) is 2.59. The lowest BCUT2D eigenvalue weighted by molar-refractivity contribution is -0.118. The summed E-state index contributed by atoms with van der Waals surface area (Å²) in [5.74, 6) is -0.342. The molecule has 0 aromatic heterocycles. The predicted octanol–water partition coefficient (Wildman–Crippen LogP) is 2.66. The maximum Gasteiger partial charge on any atom is 0.262 e. The molecular weight excluding hydrogens is 327 g/mol. The van der Waals surface area contributed by atoms with Crippen molar-refractivity contribution in [1.29, 1.82) is 0 Å². The fraction of sp³-hybridized carbons (Fsp3) is 0.222. The average Bonchev–Trinajstić information content (AvgIpc) is 2.60. The molecule has 1 atom stereocenters. The summed E-state index contributed by atoms with van der Waals surface area (Å²) in [5, 5.41) is 5.51. The van der Waals surface area contributed by atoms with Gasteiger partial charge in [0.05, 0.1) is 24.4 Å². The molecule has 2 aromatic carbocycles. The Morgan fingerprint density at radius 1 is 1.32 bits per heavy atom. The number of ether oxygens (including phenoxy) is 2. The van der Waals surface area contributed by atoms with Crippen LogP contribution < -0.4 is 20.1 Å². The number of fused-ring (bicyclic) bond motifs is 1. The van der Waals surface area contributed by atoms with Crippen molar-refractivity contribution in [3.05, 3.63) is 53.3 Å². The summed E-state index contributed by atoms with van der Waals surface area (Å²) in [6, 6.07) is 8.65. The summed E-state index contributed by atoms with van der Waals surface area (Å²) in [6.07, 6.45) is 0. The topological polar surface area (TPSA) is 76.7 Å². The number of rotatable bonds is 4. The molecule has 2 amide bonds. The van der Waals surface area contributed by atoms with Gasteiger partial charge in [-0.3, -0.25) is 9.59 Å². The van der Waals surface area contributed by atoms with Crippen molar-refractivity contribution in [2.75, 3.05) is 19.0 Å². The minimum atomic E-state index is -0.521. The number of methoxy groups -OCH3 is 1. The molecule has 1 heterocycles. The van der Waals surface area contributed by atoms with E-state index >= 15 is 0 Å². The number of benzene rings is 2. The zero-order valence-electron chi connectivity index (χ0n) is 13.8. The van der Waals surface area contributed by atoms with Crippen LogP contribution >= 0.6 is 0 Å². The van der Waals surface area contributed by atoms with Gasteiger partial charge in [-0.05, 0) is 42.8 Å². The molecule has 2 N–H and O–H groups in total. The maximum atomic E-state index is 13.4. The zero-order valence-corrected chi connectivity index (χ0v) is 13.8. The average molecular weight is 344 g/mol. The number of carbonyl (C=O) groups excluding carboxylic acids is 2. The molecule has 25 heavy (non-hydrogen) atoms. The second-order valence-corrected chi connectivity index (χ2v) is 5.63. The highest BCUT2D eigenvalue weighted by Crippen LogP contribution is 2.30. The summed E-state index contributed by atoms with van der Waals surface area (Å²) in [5.41, 5.74) is 1.44. The number of amides is 2. The number of nitrogens with one attached hydrogen (secondary N) is 2. The van der Waals surface area contributed by atoms with Crippen LogP contribution in [0.4, 0.5) is 10.1 Å². The summed E-state index contributed by atoms with van der Waals surface area (Å²) in [6.45, 7) is 1.77. The standard InChI is InChI=1S/C18H17FN2O4/c1-10(11-3-5-16-14(7-11)21-17(22)9-25-16)20-18(23)13-8-12(19)4-6-15(13)24-2/h3-8,10H,9H2,1-2H3,(H,20,23)(H,21,22)/t10-/m1/s1. The molecule has 0 saturated carbocycles. The minimum absolute atomic E-state index is 0.0159. The number of hydrogen-bond acceptors (Lipinski definition) is 4. The van der Waals surface area contributed by atoms with Crippen LogP contribution in [0.1, 0.15) is 28.9 Å². The normalized spacial score (nSPS) is 14.0. The maximum absolute atomic E-state index is 13.4. The highest BCUT2D eigenvalue weighted by Gasteiger charge is 2.20. The molecule has 0 spiro atoms. The molecule has 0 aliphatic carbocycles. The Labute approximate surface area is 143 Å². The van der Waals surface area contributed by atoms with Crippen molar-refractivity contribution in [1.82, 2.24) is 5.32 Å². The van der Waals surface area contributed by atoms with Crippen LogP contribution in [0, 0.1) is 5.82 Å². The lowest BCUT2D eigenvalue weighted by Crippen LogP contribution is -2.28. The molecule has 1 aliphatic rings. The molecule has 1 aliphatic heterocycles. The van der Waals surface area contributed by atoms with E-state index < -0.39 is 11.7 Å². The number of carbonyl (C=O) groups is 2. The third-order valence-electron chi connectivity index (χ3n) is 3.89. The van der Waals surface area contributed by atoms with E-state index in [2.05, 4.69) is 10.6 Å². The molecule has 0 radical (unpaired) electrons. The van der Waals surface area contributed by atoms with Gasteiger partial charge in [-0.2, -0.15) is 0 Å². The second kappa shape index (κ2) is 6.80. The Morgan fingerprint density at radius 2 is 2.12 bits per heavy atom. The minimum Gasteiger partial charge on any atom is -0.496 e. The molecule has 0 fully saturated rings. The molecule has 6 nitrogen and oxygen atoms in total. The van der Waals surface area contributed by atoms with Crippen molar-refractivity contribution < 1.29 is 23.5 Å². The third-order valence-corrected chi connectivity index (χ3v) is 3.89. The van der Waals surface area contributed by atoms with Crippen LogP contribution in [0.5, 0.6) is 11.5 Å². The van der Waals surface area contributed by atoms with E-state index in [1.54, 1.807) is 25.1 Å². The Bertz CT molecular complexity index is 838. The molecular formula is C18H17FN2O4. The van der Waals surface area contributed by atoms with Gasteiger partial charge in [-0.1, -0.05) is 6.07 Å². The van der Waals surface area contributed by atoms with E-state index in [4.69, 9.17) is 9.47 Å². The van der Waals surface area contributed by atoms with Gasteiger partial charge in [0.15, 0.2) is 6.61 Å². The molecule has 7 heteroatoms. The van der Waals surface area contributed by atoms with E-state index in [1.165, 1.54) is 19.2 Å². The van der Waals surface area contributed by atoms with E-state index in [1.807, 2.05) is 0 Å². The Hall–Kier alpha value is -3.09. The Morgan fingerprint density at radius 3 is 2.88 bits per heavy atom. The molecule has 0 saturated heterocycles. The molecule has 130 valence electrons. The molecule has 0 bridgehead atoms. The summed E-state index contributed by atoms with van der Waals surface area (Å²) >= 11 is 0. The van der Waals surface area contributed by atoms with Gasteiger partial charge in [-0.25, -0.2) is 4.39 Å². The Kier molecular flexibility index (Phi) is 4.56. The molecule has 2 aromatic rings. The van der Waals surface area contributed by atoms with Crippen LogP contribution in [0.2, 0.25) is 0 Å². The quantitative estimate of drug-likeness (QED) is 0.894. The summed E-state index contributed by atoms with van der Waals surface area (Å²) in [7, 11) is 1.42. The predicted molar refractivity (Wildman–Crippen MR) is 89.4 cm³/mol. The number of anilines is 1. The van der Waals surface area contributed by atoms with Gasteiger partial charge in [0.25, 0.3) is 11.8 Å². The van der Waals surface area contributed by atoms with Crippen LogP contribution in [0.15, 0.2) is 36.4 Å². The van der Waals surface area contributed by atoms with Crippen LogP contribution in [0.25, 0.3) is 0 Å². The van der Waals surface area contributed by atoms with Gasteiger partial charge in [-0.15, -0.1) is 0 Å². The van der Waals surface area contributed by atoms with Crippen molar-refractivity contribution in [2.45, 2.75) is 13.0 Å². The summed E-state index contributed by atoms with van der Waals surface area (Å²) in [4.78, 5) is 23.9. The largest absolute Gasteiger partial charge is 0.496 e. The first-order valence-electron chi connectivity index (χ1n) is 7.69. The van der Waals surface area contributed by atoms with Crippen molar-refractivity contribution in [2.24, 2.45) is 0 Å². The van der Waals surface area contributed by atoms with Gasteiger partial charge in [0, 0.05) is 0 Å². The lowest BCUT2D eigenvalue weighted by Gasteiger charge is -2.21. The van der Waals surface area contributed by atoms with Crippen LogP contribution in [-0.4, -0.2) is 25.5 Å². The SMILES string of the molecule is COc1ccc(F)cc1C(=O)N[C@H](C)c1ccc2c(c1)NC(=O)CO2. The first-order valence-corrected chi connectivity index (χ1v) is 7.69. The second-order valence-electron chi connectivity index (χ2n) is 5.63. The van der Waals surface area contributed by atoms with E-state index in [0.29, 0.717) is 11.4 Å².